The van der Waals surface area contributed by atoms with E-state index in [4.69, 9.17) is 5.73 Å². The number of primary amides is 1. The lowest BCUT2D eigenvalue weighted by Gasteiger charge is -2.38. The number of carbonyl (C=O) groups is 1. The van der Waals surface area contributed by atoms with Crippen molar-refractivity contribution >= 4 is 5.91 Å². The molecule has 1 atom stereocenters. The molecule has 5 nitrogen and oxygen atoms in total. The van der Waals surface area contributed by atoms with E-state index in [1.807, 2.05) is 36.4 Å². The monoisotopic (exact) mass is 406 g/mol. The van der Waals surface area contributed by atoms with Crippen LogP contribution in [-0.2, 0) is 10.2 Å². The van der Waals surface area contributed by atoms with Crippen molar-refractivity contribution in [1.29, 1.82) is 0 Å². The molecule has 0 aliphatic carbocycles. The third kappa shape index (κ3) is 4.15. The first-order valence-corrected chi connectivity index (χ1v) is 11.1. The molecule has 4 rings (SSSR count). The standard InChI is InChI=1S/C25H34N4O/c1-27-14-16-28(17-15-27)18-19-29-13-12-23(20-29)25(24(26)30,21-8-4-2-5-9-21)22-10-6-3-7-11-22/h2-11,23H,12-20H2,1H3,(H2,26,30). The molecule has 2 aromatic carbocycles. The molecular formula is C25H34N4O. The first-order valence-electron chi connectivity index (χ1n) is 11.1. The van der Waals surface area contributed by atoms with Crippen molar-refractivity contribution in [1.82, 2.24) is 14.7 Å². The molecule has 2 N–H and O–H groups in total. The average molecular weight is 407 g/mol. The van der Waals surface area contributed by atoms with Crippen molar-refractivity contribution in [2.45, 2.75) is 11.8 Å². The number of piperazine rings is 1. The fraction of sp³-hybridized carbons (Fsp3) is 0.480. The van der Waals surface area contributed by atoms with Crippen molar-refractivity contribution in [3.05, 3.63) is 71.8 Å². The SMILES string of the molecule is CN1CCN(CCN2CCC(C(C(N)=O)(c3ccccc3)c3ccccc3)C2)CC1. The van der Waals surface area contributed by atoms with Gasteiger partial charge in [0.25, 0.3) is 0 Å². The van der Waals surface area contributed by atoms with Crippen LogP contribution >= 0.6 is 0 Å². The zero-order valence-corrected chi connectivity index (χ0v) is 18.0. The minimum absolute atomic E-state index is 0.173. The van der Waals surface area contributed by atoms with Crippen LogP contribution in [0.3, 0.4) is 0 Å². The van der Waals surface area contributed by atoms with E-state index in [2.05, 4.69) is 46.0 Å². The molecular weight excluding hydrogens is 372 g/mol. The summed E-state index contributed by atoms with van der Waals surface area (Å²) in [5, 5.41) is 0. The van der Waals surface area contributed by atoms with Crippen molar-refractivity contribution in [3.8, 4) is 0 Å². The molecule has 2 aliphatic heterocycles. The Hall–Kier alpha value is -2.21. The minimum atomic E-state index is -0.787. The van der Waals surface area contributed by atoms with Crippen molar-refractivity contribution in [2.75, 3.05) is 59.4 Å². The number of carbonyl (C=O) groups excluding carboxylic acids is 1. The van der Waals surface area contributed by atoms with E-state index in [0.29, 0.717) is 0 Å². The molecule has 1 amide bonds. The molecule has 0 aromatic heterocycles. The second-order valence-electron chi connectivity index (χ2n) is 8.84. The number of nitrogens with zero attached hydrogens (tertiary/aromatic N) is 3. The van der Waals surface area contributed by atoms with E-state index < -0.39 is 5.41 Å². The summed E-state index contributed by atoms with van der Waals surface area (Å²) in [7, 11) is 2.19. The number of hydrogen-bond acceptors (Lipinski definition) is 4. The highest BCUT2D eigenvalue weighted by molar-refractivity contribution is 5.91. The highest BCUT2D eigenvalue weighted by Crippen LogP contribution is 2.43. The molecule has 160 valence electrons. The molecule has 2 fully saturated rings. The van der Waals surface area contributed by atoms with Crippen LogP contribution in [0.5, 0.6) is 0 Å². The van der Waals surface area contributed by atoms with Gasteiger partial charge in [-0.3, -0.25) is 9.69 Å². The predicted octanol–water partition coefficient (Wildman–Crippen LogP) is 2.03. The maximum Gasteiger partial charge on any atom is 0.232 e. The number of amides is 1. The Morgan fingerprint density at radius 3 is 1.93 bits per heavy atom. The molecule has 2 aromatic rings. The first-order chi connectivity index (χ1) is 14.6. The van der Waals surface area contributed by atoms with Gasteiger partial charge in [0.2, 0.25) is 5.91 Å². The van der Waals surface area contributed by atoms with Crippen molar-refractivity contribution in [3.63, 3.8) is 0 Å². The Balaban J connectivity index is 1.54. The number of benzene rings is 2. The zero-order valence-electron chi connectivity index (χ0n) is 18.0. The van der Waals surface area contributed by atoms with Crippen molar-refractivity contribution < 1.29 is 4.79 Å². The number of nitrogens with two attached hydrogens (primary N) is 1. The summed E-state index contributed by atoms with van der Waals surface area (Å²) in [4.78, 5) is 20.6. The van der Waals surface area contributed by atoms with E-state index >= 15 is 0 Å². The second kappa shape index (κ2) is 9.29. The fourth-order valence-electron chi connectivity index (χ4n) is 5.27. The highest BCUT2D eigenvalue weighted by Gasteiger charge is 2.49. The third-order valence-corrected chi connectivity index (χ3v) is 7.06. The van der Waals surface area contributed by atoms with Crippen LogP contribution in [0, 0.1) is 5.92 Å². The predicted molar refractivity (Wildman–Crippen MR) is 121 cm³/mol. The van der Waals surface area contributed by atoms with Gasteiger partial charge in [-0.1, -0.05) is 60.7 Å². The zero-order chi connectivity index (χ0) is 21.0. The summed E-state index contributed by atoms with van der Waals surface area (Å²) in [6.45, 7) is 8.66. The van der Waals surface area contributed by atoms with Crippen LogP contribution in [0.1, 0.15) is 17.5 Å². The van der Waals surface area contributed by atoms with Crippen LogP contribution in [0.2, 0.25) is 0 Å². The van der Waals surface area contributed by atoms with Gasteiger partial charge in [-0.05, 0) is 37.1 Å². The lowest BCUT2D eigenvalue weighted by molar-refractivity contribution is -0.123. The van der Waals surface area contributed by atoms with Crippen molar-refractivity contribution in [2.24, 2.45) is 11.7 Å². The summed E-state index contributed by atoms with van der Waals surface area (Å²) >= 11 is 0. The van der Waals surface area contributed by atoms with Gasteiger partial charge in [-0.15, -0.1) is 0 Å². The van der Waals surface area contributed by atoms with Crippen LogP contribution in [0.15, 0.2) is 60.7 Å². The molecule has 2 saturated heterocycles. The molecule has 2 aliphatic rings. The maximum absolute atomic E-state index is 13.1. The van der Waals surface area contributed by atoms with Gasteiger partial charge in [-0.25, -0.2) is 0 Å². The number of likely N-dealkylation sites (tertiary alicyclic amines) is 1. The van der Waals surface area contributed by atoms with Gasteiger partial charge >= 0.3 is 0 Å². The Morgan fingerprint density at radius 1 is 0.867 bits per heavy atom. The van der Waals surface area contributed by atoms with Gasteiger partial charge in [0.05, 0.1) is 0 Å². The van der Waals surface area contributed by atoms with E-state index in [-0.39, 0.29) is 11.8 Å². The molecule has 2 heterocycles. The smallest absolute Gasteiger partial charge is 0.232 e. The van der Waals surface area contributed by atoms with Gasteiger partial charge in [-0.2, -0.15) is 0 Å². The molecule has 0 radical (unpaired) electrons. The van der Waals surface area contributed by atoms with Gasteiger partial charge in [0.1, 0.15) is 5.41 Å². The Bertz CT molecular complexity index is 778. The van der Waals surface area contributed by atoms with E-state index in [1.54, 1.807) is 0 Å². The lowest BCUT2D eigenvalue weighted by Crippen LogP contribution is -2.49. The van der Waals surface area contributed by atoms with Gasteiger partial charge in [0, 0.05) is 45.8 Å². The summed E-state index contributed by atoms with van der Waals surface area (Å²) in [5.74, 6) is -0.0712. The topological polar surface area (TPSA) is 52.8 Å². The molecule has 5 heteroatoms. The molecule has 1 unspecified atom stereocenters. The molecule has 0 bridgehead atoms. The summed E-state index contributed by atoms with van der Waals surface area (Å²) in [6.07, 6.45) is 0.982. The minimum Gasteiger partial charge on any atom is -0.369 e. The van der Waals surface area contributed by atoms with Crippen LogP contribution < -0.4 is 5.73 Å². The van der Waals surface area contributed by atoms with Crippen LogP contribution in [0.4, 0.5) is 0 Å². The Kier molecular flexibility index (Phi) is 6.52. The number of hydrogen-bond donors (Lipinski definition) is 1. The second-order valence-corrected chi connectivity index (χ2v) is 8.84. The molecule has 30 heavy (non-hydrogen) atoms. The quantitative estimate of drug-likeness (QED) is 0.765. The lowest BCUT2D eigenvalue weighted by atomic mass is 9.64. The van der Waals surface area contributed by atoms with Crippen LogP contribution in [0.25, 0.3) is 0 Å². The molecule has 0 spiro atoms. The molecule has 0 saturated carbocycles. The Labute approximate surface area is 180 Å². The van der Waals surface area contributed by atoms with E-state index in [1.165, 1.54) is 0 Å². The fourth-order valence-corrected chi connectivity index (χ4v) is 5.27. The van der Waals surface area contributed by atoms with Crippen LogP contribution in [-0.4, -0.2) is 80.0 Å². The highest BCUT2D eigenvalue weighted by atomic mass is 16.1. The van der Waals surface area contributed by atoms with E-state index in [0.717, 1.165) is 69.9 Å². The largest absolute Gasteiger partial charge is 0.369 e. The van der Waals surface area contributed by atoms with Gasteiger partial charge in [0.15, 0.2) is 0 Å². The van der Waals surface area contributed by atoms with E-state index in [9.17, 15) is 4.79 Å². The Morgan fingerprint density at radius 2 is 1.40 bits per heavy atom. The number of rotatable bonds is 7. The summed E-state index contributed by atoms with van der Waals surface area (Å²) in [6, 6.07) is 20.3. The van der Waals surface area contributed by atoms with Gasteiger partial charge < -0.3 is 15.5 Å². The summed E-state index contributed by atoms with van der Waals surface area (Å²) < 4.78 is 0. The average Bonchev–Trinajstić information content (AvgIpc) is 3.24. The third-order valence-electron chi connectivity index (χ3n) is 7.06. The number of likely N-dealkylation sites (N-methyl/N-ethyl adjacent to an activating group) is 1. The first kappa shape index (κ1) is 21.0. The summed E-state index contributed by atoms with van der Waals surface area (Å²) in [5.41, 5.74) is 7.43. The normalized spacial score (nSPS) is 21.7. The maximum atomic E-state index is 13.1.